The van der Waals surface area contributed by atoms with Gasteiger partial charge in [0.05, 0.1) is 5.56 Å². The van der Waals surface area contributed by atoms with Crippen LogP contribution in [0.3, 0.4) is 0 Å². The van der Waals surface area contributed by atoms with Gasteiger partial charge in [-0.15, -0.1) is 0 Å². The summed E-state index contributed by atoms with van der Waals surface area (Å²) in [4.78, 5) is 15.9. The number of carbonyl (C=O) groups is 1. The molecule has 7 heteroatoms. The second-order valence-corrected chi connectivity index (χ2v) is 4.20. The molecule has 17 heavy (non-hydrogen) atoms. The molecule has 5 N–H and O–H groups in total. The molecular weight excluding hydrogens is 238 g/mol. The lowest BCUT2D eigenvalue weighted by molar-refractivity contribution is 0.102. The highest BCUT2D eigenvalue weighted by Crippen LogP contribution is 2.18. The number of rotatable bonds is 2. The van der Waals surface area contributed by atoms with Gasteiger partial charge < -0.3 is 11.5 Å². The van der Waals surface area contributed by atoms with Gasteiger partial charge in [0.25, 0.3) is 5.91 Å². The molecule has 6 nitrogen and oxygen atoms in total. The topological polar surface area (TPSA) is 107 Å². The van der Waals surface area contributed by atoms with E-state index in [-0.39, 0.29) is 5.91 Å². The van der Waals surface area contributed by atoms with Crippen molar-refractivity contribution in [1.82, 2.24) is 9.36 Å². The first kappa shape index (κ1) is 11.3. The van der Waals surface area contributed by atoms with Crippen LogP contribution < -0.4 is 16.8 Å². The van der Waals surface area contributed by atoms with Crippen LogP contribution in [0, 0.1) is 6.92 Å². The van der Waals surface area contributed by atoms with Gasteiger partial charge in [-0.2, -0.15) is 4.37 Å². The highest BCUT2D eigenvalue weighted by atomic mass is 32.1. The molecule has 88 valence electrons. The van der Waals surface area contributed by atoms with Crippen LogP contribution in [0.4, 0.5) is 16.5 Å². The molecule has 0 saturated heterocycles. The maximum absolute atomic E-state index is 11.9. The summed E-state index contributed by atoms with van der Waals surface area (Å²) in [6, 6.07) is 4.74. The molecule has 0 radical (unpaired) electrons. The summed E-state index contributed by atoms with van der Waals surface area (Å²) in [5, 5.41) is 3.07. The van der Waals surface area contributed by atoms with Crippen molar-refractivity contribution in [2.75, 3.05) is 16.8 Å². The Morgan fingerprint density at radius 1 is 1.41 bits per heavy atom. The predicted octanol–water partition coefficient (Wildman–Crippen LogP) is 1.26. The zero-order chi connectivity index (χ0) is 12.4. The molecule has 0 atom stereocenters. The van der Waals surface area contributed by atoms with Gasteiger partial charge in [0.1, 0.15) is 5.82 Å². The Morgan fingerprint density at radius 3 is 2.76 bits per heavy atom. The number of nitrogen functional groups attached to an aromatic ring is 2. The Bertz CT molecular complexity index is 566. The average Bonchev–Trinajstić information content (AvgIpc) is 2.63. The van der Waals surface area contributed by atoms with Crippen LogP contribution in [0.1, 0.15) is 16.2 Å². The summed E-state index contributed by atoms with van der Waals surface area (Å²) in [5.74, 6) is 0.300. The van der Waals surface area contributed by atoms with Crippen LogP contribution >= 0.6 is 11.5 Å². The number of carbonyl (C=O) groups excluding carboxylic acids is 1. The molecule has 0 spiro atoms. The number of nitrogens with one attached hydrogen (secondary N) is 1. The van der Waals surface area contributed by atoms with E-state index in [1.54, 1.807) is 25.1 Å². The van der Waals surface area contributed by atoms with Crippen LogP contribution in [0.15, 0.2) is 18.2 Å². The van der Waals surface area contributed by atoms with Crippen LogP contribution in [-0.2, 0) is 0 Å². The summed E-state index contributed by atoms with van der Waals surface area (Å²) in [5.41, 5.74) is 12.5. The smallest absolute Gasteiger partial charge is 0.259 e. The number of anilines is 3. The molecule has 0 fully saturated rings. The minimum absolute atomic E-state index is 0.321. The number of amides is 1. The van der Waals surface area contributed by atoms with E-state index in [9.17, 15) is 4.79 Å². The SMILES string of the molecule is Cc1nsc(NC(=O)c2ccc(N)cc2N)n1. The minimum atomic E-state index is -0.321. The maximum Gasteiger partial charge on any atom is 0.259 e. The standard InChI is InChI=1S/C10H11N5OS/c1-5-13-10(17-15-5)14-9(16)7-3-2-6(11)4-8(7)12/h2-4H,11-12H2,1H3,(H,13,14,15,16). The first-order valence-electron chi connectivity index (χ1n) is 4.83. The van der Waals surface area contributed by atoms with E-state index in [4.69, 9.17) is 11.5 Å². The number of aromatic nitrogens is 2. The van der Waals surface area contributed by atoms with Gasteiger partial charge in [-0.3, -0.25) is 10.1 Å². The van der Waals surface area contributed by atoms with Crippen LogP contribution in [-0.4, -0.2) is 15.3 Å². The second kappa shape index (κ2) is 4.38. The van der Waals surface area contributed by atoms with Gasteiger partial charge in [0.2, 0.25) is 5.13 Å². The van der Waals surface area contributed by atoms with Gasteiger partial charge in [-0.05, 0) is 25.1 Å². The van der Waals surface area contributed by atoms with Crippen molar-refractivity contribution >= 4 is 33.9 Å². The Morgan fingerprint density at radius 2 is 2.18 bits per heavy atom. The largest absolute Gasteiger partial charge is 0.399 e. The fraction of sp³-hybridized carbons (Fsp3) is 0.100. The molecule has 1 aromatic heterocycles. The van der Waals surface area contributed by atoms with Crippen molar-refractivity contribution in [2.24, 2.45) is 0 Å². The second-order valence-electron chi connectivity index (χ2n) is 3.45. The zero-order valence-electron chi connectivity index (χ0n) is 9.10. The highest BCUT2D eigenvalue weighted by molar-refractivity contribution is 7.09. The van der Waals surface area contributed by atoms with E-state index in [0.29, 0.717) is 27.9 Å². The number of hydrogen-bond acceptors (Lipinski definition) is 6. The number of nitrogens with zero attached hydrogens (tertiary/aromatic N) is 2. The Balaban J connectivity index is 2.20. The van der Waals surface area contributed by atoms with Crippen molar-refractivity contribution in [2.45, 2.75) is 6.92 Å². The van der Waals surface area contributed by atoms with Crippen LogP contribution in [0.25, 0.3) is 0 Å². The Labute approximate surface area is 102 Å². The van der Waals surface area contributed by atoms with Gasteiger partial charge in [0.15, 0.2) is 0 Å². The average molecular weight is 249 g/mol. The lowest BCUT2D eigenvalue weighted by Crippen LogP contribution is -2.14. The molecule has 0 aliphatic rings. The Kier molecular flexibility index (Phi) is 2.92. The third-order valence-corrected chi connectivity index (χ3v) is 2.79. The minimum Gasteiger partial charge on any atom is -0.399 e. The van der Waals surface area contributed by atoms with Crippen molar-refractivity contribution in [3.63, 3.8) is 0 Å². The predicted molar refractivity (Wildman–Crippen MR) is 67.9 cm³/mol. The molecule has 1 amide bonds. The monoisotopic (exact) mass is 249 g/mol. The zero-order valence-corrected chi connectivity index (χ0v) is 9.91. The molecule has 0 aliphatic carbocycles. The molecule has 2 aromatic rings. The van der Waals surface area contributed by atoms with Crippen LogP contribution in [0.5, 0.6) is 0 Å². The first-order chi connectivity index (χ1) is 8.06. The van der Waals surface area contributed by atoms with Crippen molar-refractivity contribution < 1.29 is 4.79 Å². The third-order valence-electron chi connectivity index (χ3n) is 2.07. The number of benzene rings is 1. The van der Waals surface area contributed by atoms with E-state index in [2.05, 4.69) is 14.7 Å². The quantitative estimate of drug-likeness (QED) is 0.694. The van der Waals surface area contributed by atoms with Crippen molar-refractivity contribution in [1.29, 1.82) is 0 Å². The Hall–Kier alpha value is -2.15. The molecular formula is C10H11N5OS. The molecule has 0 aliphatic heterocycles. The van der Waals surface area contributed by atoms with Gasteiger partial charge >= 0.3 is 0 Å². The van der Waals surface area contributed by atoms with E-state index < -0.39 is 0 Å². The van der Waals surface area contributed by atoms with Crippen molar-refractivity contribution in [3.05, 3.63) is 29.6 Å². The third kappa shape index (κ3) is 2.51. The van der Waals surface area contributed by atoms with Gasteiger partial charge in [-0.25, -0.2) is 4.98 Å². The van der Waals surface area contributed by atoms with E-state index in [1.807, 2.05) is 0 Å². The lowest BCUT2D eigenvalue weighted by Gasteiger charge is -2.05. The highest BCUT2D eigenvalue weighted by Gasteiger charge is 2.11. The van der Waals surface area contributed by atoms with Gasteiger partial charge in [0, 0.05) is 22.9 Å². The van der Waals surface area contributed by atoms with Crippen LogP contribution in [0.2, 0.25) is 0 Å². The summed E-state index contributed by atoms with van der Waals surface area (Å²) < 4.78 is 3.96. The summed E-state index contributed by atoms with van der Waals surface area (Å²) >= 11 is 1.12. The van der Waals surface area contributed by atoms with Gasteiger partial charge in [-0.1, -0.05) is 0 Å². The number of hydrogen-bond donors (Lipinski definition) is 3. The first-order valence-corrected chi connectivity index (χ1v) is 5.60. The number of aryl methyl sites for hydroxylation is 1. The summed E-state index contributed by atoms with van der Waals surface area (Å²) in [7, 11) is 0. The maximum atomic E-state index is 11.9. The fourth-order valence-electron chi connectivity index (χ4n) is 1.30. The normalized spacial score (nSPS) is 10.2. The fourth-order valence-corrected chi connectivity index (χ4v) is 1.87. The van der Waals surface area contributed by atoms with E-state index in [1.165, 1.54) is 0 Å². The molecule has 1 heterocycles. The molecule has 1 aromatic carbocycles. The van der Waals surface area contributed by atoms with E-state index >= 15 is 0 Å². The van der Waals surface area contributed by atoms with Crippen molar-refractivity contribution in [3.8, 4) is 0 Å². The number of nitrogens with two attached hydrogens (primary N) is 2. The molecule has 0 saturated carbocycles. The van der Waals surface area contributed by atoms with E-state index in [0.717, 1.165) is 11.5 Å². The molecule has 0 unspecified atom stereocenters. The summed E-state index contributed by atoms with van der Waals surface area (Å²) in [6.45, 7) is 1.75. The lowest BCUT2D eigenvalue weighted by atomic mass is 10.1. The molecule has 2 rings (SSSR count). The molecule has 0 bridgehead atoms. The summed E-state index contributed by atoms with van der Waals surface area (Å²) in [6.07, 6.45) is 0.